The van der Waals surface area contributed by atoms with Gasteiger partial charge in [-0.2, -0.15) is 0 Å². The minimum Gasteiger partial charge on any atom is -0.513 e. The molecule has 3 N–H and O–H groups in total. The van der Waals surface area contributed by atoms with Crippen molar-refractivity contribution >= 4 is 0 Å². The van der Waals surface area contributed by atoms with Gasteiger partial charge < -0.3 is 10.8 Å². The zero-order chi connectivity index (χ0) is 4.99. The Labute approximate surface area is 37.3 Å². The van der Waals surface area contributed by atoms with Gasteiger partial charge in [-0.3, -0.25) is 0 Å². The summed E-state index contributed by atoms with van der Waals surface area (Å²) in [6, 6.07) is 0. The Morgan fingerprint density at radius 3 is 2.33 bits per heavy atom. The van der Waals surface area contributed by atoms with Crippen LogP contribution in [0.1, 0.15) is 6.42 Å². The van der Waals surface area contributed by atoms with Gasteiger partial charge in [-0.15, -0.1) is 0 Å². The zero-order valence-corrected chi connectivity index (χ0v) is 3.65. The highest BCUT2D eigenvalue weighted by atomic mass is 16.3. The lowest BCUT2D eigenvalue weighted by atomic mass is 10.4. The summed E-state index contributed by atoms with van der Waals surface area (Å²) < 4.78 is 0. The van der Waals surface area contributed by atoms with Crippen molar-refractivity contribution in [1.82, 2.24) is 0 Å². The summed E-state index contributed by atoms with van der Waals surface area (Å²) in [7, 11) is 0. The molecule has 6 heavy (non-hydrogen) atoms. The fourth-order valence-corrected chi connectivity index (χ4v) is 0.167. The van der Waals surface area contributed by atoms with E-state index in [1.807, 2.05) is 0 Å². The highest BCUT2D eigenvalue weighted by Crippen LogP contribution is 1.84. The van der Waals surface area contributed by atoms with E-state index in [0.29, 0.717) is 13.0 Å². The Bertz CT molecular complexity index is 51.5. The van der Waals surface area contributed by atoms with Gasteiger partial charge in [0.15, 0.2) is 0 Å². The first-order chi connectivity index (χ1) is 2.77. The normalized spacial score (nSPS) is 8.17. The molecule has 0 fully saturated rings. The van der Waals surface area contributed by atoms with E-state index in [2.05, 4.69) is 6.58 Å². The maximum atomic E-state index is 8.28. The molecule has 36 valence electrons. The monoisotopic (exact) mass is 87.1 g/mol. The first-order valence-corrected chi connectivity index (χ1v) is 1.84. The summed E-state index contributed by atoms with van der Waals surface area (Å²) in [5, 5.41) is 8.28. The maximum Gasteiger partial charge on any atom is 0.0863 e. The Balaban J connectivity index is 2.83. The molecule has 2 heteroatoms. The van der Waals surface area contributed by atoms with Crippen molar-refractivity contribution in [3.05, 3.63) is 12.3 Å². The van der Waals surface area contributed by atoms with Gasteiger partial charge in [-0.05, 0) is 6.54 Å². The second-order valence-corrected chi connectivity index (χ2v) is 1.10. The number of nitrogens with two attached hydrogens (primary N) is 1. The summed E-state index contributed by atoms with van der Waals surface area (Å²) in [6.45, 7) is 3.70. The van der Waals surface area contributed by atoms with Gasteiger partial charge in [0, 0.05) is 6.42 Å². The van der Waals surface area contributed by atoms with Gasteiger partial charge in [-0.1, -0.05) is 6.58 Å². The van der Waals surface area contributed by atoms with E-state index < -0.39 is 0 Å². The molecule has 0 amide bonds. The lowest BCUT2D eigenvalue weighted by molar-refractivity contribution is 0.393. The molecule has 0 aromatic heterocycles. The van der Waals surface area contributed by atoms with Crippen molar-refractivity contribution < 1.29 is 5.11 Å². The molecule has 0 rings (SSSR count). The van der Waals surface area contributed by atoms with Gasteiger partial charge in [0.2, 0.25) is 0 Å². The third-order valence-electron chi connectivity index (χ3n) is 0.433. The lowest BCUT2D eigenvalue weighted by Gasteiger charge is -1.87. The van der Waals surface area contributed by atoms with Crippen molar-refractivity contribution in [2.45, 2.75) is 6.42 Å². The molecule has 0 unspecified atom stereocenters. The summed E-state index contributed by atoms with van der Waals surface area (Å²) in [4.78, 5) is 0. The van der Waals surface area contributed by atoms with Crippen LogP contribution in [0.15, 0.2) is 12.3 Å². The third-order valence-corrected chi connectivity index (χ3v) is 0.433. The fourth-order valence-electron chi connectivity index (χ4n) is 0.167. The maximum absolute atomic E-state index is 8.28. The molecule has 0 aliphatic heterocycles. The van der Waals surface area contributed by atoms with Crippen molar-refractivity contribution in [2.75, 3.05) is 6.54 Å². The van der Waals surface area contributed by atoms with Crippen LogP contribution in [0.4, 0.5) is 0 Å². The Morgan fingerprint density at radius 1 is 1.83 bits per heavy atom. The minimum atomic E-state index is 0.164. The Morgan fingerprint density at radius 2 is 2.33 bits per heavy atom. The van der Waals surface area contributed by atoms with Crippen molar-refractivity contribution in [3.8, 4) is 0 Å². The SMILES string of the molecule is C=C(O)CCN. The molecule has 0 aliphatic rings. The zero-order valence-electron chi connectivity index (χ0n) is 3.65. The van der Waals surface area contributed by atoms with Crippen molar-refractivity contribution in [3.63, 3.8) is 0 Å². The second kappa shape index (κ2) is 2.72. The molecule has 0 saturated carbocycles. The molecule has 0 heterocycles. The molecule has 0 saturated heterocycles. The van der Waals surface area contributed by atoms with E-state index in [9.17, 15) is 0 Å². The van der Waals surface area contributed by atoms with Crippen LogP contribution in [0.2, 0.25) is 0 Å². The van der Waals surface area contributed by atoms with Crippen LogP contribution < -0.4 is 5.73 Å². The smallest absolute Gasteiger partial charge is 0.0863 e. The number of rotatable bonds is 2. The average Bonchev–Trinajstić information content (AvgIpc) is 1.35. The quantitative estimate of drug-likeness (QED) is 0.479. The standard InChI is InChI=1S/C4H9NO/c1-4(6)2-3-5/h6H,1-3,5H2. The van der Waals surface area contributed by atoms with E-state index in [1.54, 1.807) is 0 Å². The molecular weight excluding hydrogens is 78.0 g/mol. The van der Waals surface area contributed by atoms with E-state index in [-0.39, 0.29) is 5.76 Å². The molecule has 0 aromatic carbocycles. The highest BCUT2D eigenvalue weighted by Gasteiger charge is 1.79. The van der Waals surface area contributed by atoms with Crippen LogP contribution in [0, 0.1) is 0 Å². The number of hydrogen-bond donors (Lipinski definition) is 2. The van der Waals surface area contributed by atoms with E-state index in [4.69, 9.17) is 10.8 Å². The number of hydrogen-bond acceptors (Lipinski definition) is 2. The van der Waals surface area contributed by atoms with Crippen LogP contribution in [-0.4, -0.2) is 11.7 Å². The van der Waals surface area contributed by atoms with Crippen LogP contribution in [0.3, 0.4) is 0 Å². The fraction of sp³-hybridized carbons (Fsp3) is 0.500. The van der Waals surface area contributed by atoms with Crippen LogP contribution in [0.5, 0.6) is 0 Å². The van der Waals surface area contributed by atoms with Crippen LogP contribution >= 0.6 is 0 Å². The summed E-state index contributed by atoms with van der Waals surface area (Å²) >= 11 is 0. The lowest BCUT2D eigenvalue weighted by Crippen LogP contribution is -1.98. The third kappa shape index (κ3) is 3.50. The summed E-state index contributed by atoms with van der Waals surface area (Å²) in [5.74, 6) is 0.164. The number of aliphatic hydroxyl groups is 1. The van der Waals surface area contributed by atoms with E-state index >= 15 is 0 Å². The molecule has 0 spiro atoms. The van der Waals surface area contributed by atoms with E-state index in [0.717, 1.165) is 0 Å². The van der Waals surface area contributed by atoms with Crippen molar-refractivity contribution in [1.29, 1.82) is 0 Å². The van der Waals surface area contributed by atoms with Gasteiger partial charge in [0.1, 0.15) is 0 Å². The van der Waals surface area contributed by atoms with Gasteiger partial charge in [0.25, 0.3) is 0 Å². The first kappa shape index (κ1) is 5.50. The van der Waals surface area contributed by atoms with Gasteiger partial charge in [0.05, 0.1) is 5.76 Å². The predicted octanol–water partition coefficient (Wildman–Crippen LogP) is 0.407. The van der Waals surface area contributed by atoms with Gasteiger partial charge in [-0.25, -0.2) is 0 Å². The molecule has 0 radical (unpaired) electrons. The topological polar surface area (TPSA) is 46.2 Å². The number of aliphatic hydroxyl groups excluding tert-OH is 1. The molecule has 0 bridgehead atoms. The highest BCUT2D eigenvalue weighted by molar-refractivity contribution is 4.77. The molecule has 0 aliphatic carbocycles. The van der Waals surface area contributed by atoms with Crippen LogP contribution in [0.25, 0.3) is 0 Å². The predicted molar refractivity (Wildman–Crippen MR) is 25.4 cm³/mol. The Hall–Kier alpha value is -0.500. The Kier molecular flexibility index (Phi) is 2.50. The van der Waals surface area contributed by atoms with E-state index in [1.165, 1.54) is 0 Å². The van der Waals surface area contributed by atoms with Gasteiger partial charge >= 0.3 is 0 Å². The van der Waals surface area contributed by atoms with Crippen molar-refractivity contribution in [2.24, 2.45) is 5.73 Å². The van der Waals surface area contributed by atoms with Crippen LogP contribution in [-0.2, 0) is 0 Å². The molecule has 2 nitrogen and oxygen atoms in total. The first-order valence-electron chi connectivity index (χ1n) is 1.84. The molecule has 0 aromatic rings. The molecule has 0 atom stereocenters. The summed E-state index contributed by atoms with van der Waals surface area (Å²) in [5.41, 5.74) is 5.01. The summed E-state index contributed by atoms with van der Waals surface area (Å²) in [6.07, 6.45) is 0.514. The molecular formula is C4H9NO. The minimum absolute atomic E-state index is 0.164. The average molecular weight is 87.1 g/mol. The second-order valence-electron chi connectivity index (χ2n) is 1.10. The largest absolute Gasteiger partial charge is 0.513 e.